The monoisotopic (exact) mass is 460 g/mol. The molecule has 0 saturated carbocycles. The number of carbonyl (C=O) groups excluding carboxylic acids is 1. The lowest BCUT2D eigenvalue weighted by atomic mass is 9.89. The fourth-order valence-electron chi connectivity index (χ4n) is 4.32. The number of methoxy groups -OCH3 is 1. The van der Waals surface area contributed by atoms with E-state index in [4.69, 9.17) is 18.9 Å². The highest BCUT2D eigenvalue weighted by atomic mass is 16.6. The van der Waals surface area contributed by atoms with Crippen molar-refractivity contribution in [1.29, 1.82) is 0 Å². The van der Waals surface area contributed by atoms with Crippen molar-refractivity contribution in [2.75, 3.05) is 20.3 Å². The van der Waals surface area contributed by atoms with Crippen LogP contribution in [0.4, 0.5) is 0 Å². The van der Waals surface area contributed by atoms with E-state index < -0.39 is 12.1 Å². The van der Waals surface area contributed by atoms with Crippen molar-refractivity contribution in [3.05, 3.63) is 82.9 Å². The summed E-state index contributed by atoms with van der Waals surface area (Å²) in [6.07, 6.45) is 1.89. The molecule has 0 amide bonds. The normalized spacial score (nSPS) is 13.5. The van der Waals surface area contributed by atoms with Crippen LogP contribution >= 0.6 is 0 Å². The van der Waals surface area contributed by atoms with Gasteiger partial charge in [0.1, 0.15) is 18.1 Å². The van der Waals surface area contributed by atoms with Gasteiger partial charge in [-0.25, -0.2) is 4.79 Å². The lowest BCUT2D eigenvalue weighted by Crippen LogP contribution is -2.20. The summed E-state index contributed by atoms with van der Waals surface area (Å²) < 4.78 is 23.4. The van der Waals surface area contributed by atoms with E-state index in [9.17, 15) is 4.79 Å². The van der Waals surface area contributed by atoms with Crippen LogP contribution in [0, 0.1) is 6.92 Å². The lowest BCUT2D eigenvalue weighted by Gasteiger charge is -2.25. The minimum atomic E-state index is -0.840. The van der Waals surface area contributed by atoms with Crippen molar-refractivity contribution in [3.8, 4) is 22.6 Å². The first-order valence-corrected chi connectivity index (χ1v) is 11.9. The number of carbonyl (C=O) groups is 1. The molecule has 3 aromatic rings. The molecular weight excluding hydrogens is 428 g/mol. The number of aryl methyl sites for hydroxylation is 2. The predicted molar refractivity (Wildman–Crippen MR) is 132 cm³/mol. The third-order valence-corrected chi connectivity index (χ3v) is 6.03. The standard InChI is InChI=1S/C29H32O5/c1-4-16-33-28(29(30)31-3)26-20(2)12-14-25(34-19-21-9-6-5-7-10-21)27(26)23-13-15-24-22(18-23)11-8-17-32-24/h5-7,9-10,12-15,18,28H,4,8,11,16-17,19H2,1-3H3. The molecule has 0 fully saturated rings. The van der Waals surface area contributed by atoms with E-state index in [1.807, 2.05) is 68.4 Å². The second kappa shape index (κ2) is 11.2. The van der Waals surface area contributed by atoms with Crippen LogP contribution in [0.3, 0.4) is 0 Å². The predicted octanol–water partition coefficient (Wildman–Crippen LogP) is 6.21. The summed E-state index contributed by atoms with van der Waals surface area (Å²) in [5.74, 6) is 1.21. The fraction of sp³-hybridized carbons (Fsp3) is 0.345. The Morgan fingerprint density at radius 2 is 1.91 bits per heavy atom. The molecule has 0 aliphatic carbocycles. The topological polar surface area (TPSA) is 54.0 Å². The molecule has 1 aliphatic rings. The van der Waals surface area contributed by atoms with Gasteiger partial charge in [-0.05, 0) is 66.6 Å². The zero-order valence-electron chi connectivity index (χ0n) is 20.1. The molecule has 1 aliphatic heterocycles. The molecule has 1 unspecified atom stereocenters. The van der Waals surface area contributed by atoms with Crippen LogP contribution in [-0.2, 0) is 27.3 Å². The summed E-state index contributed by atoms with van der Waals surface area (Å²) in [5, 5.41) is 0. The quantitative estimate of drug-likeness (QED) is 0.356. The smallest absolute Gasteiger partial charge is 0.339 e. The van der Waals surface area contributed by atoms with E-state index in [2.05, 4.69) is 6.07 Å². The molecule has 0 bridgehead atoms. The summed E-state index contributed by atoms with van der Waals surface area (Å²) in [6, 6.07) is 20.2. The third kappa shape index (κ3) is 5.26. The fourth-order valence-corrected chi connectivity index (χ4v) is 4.32. The van der Waals surface area contributed by atoms with Crippen LogP contribution in [0.15, 0.2) is 60.7 Å². The van der Waals surface area contributed by atoms with E-state index in [0.29, 0.717) is 19.0 Å². The van der Waals surface area contributed by atoms with Crippen LogP contribution < -0.4 is 9.47 Å². The first kappa shape index (κ1) is 23.8. The Bertz CT molecular complexity index is 1120. The van der Waals surface area contributed by atoms with Crippen molar-refractivity contribution in [2.45, 2.75) is 45.8 Å². The van der Waals surface area contributed by atoms with Gasteiger partial charge in [0.25, 0.3) is 0 Å². The highest BCUT2D eigenvalue weighted by Gasteiger charge is 2.30. The maximum Gasteiger partial charge on any atom is 0.339 e. The van der Waals surface area contributed by atoms with E-state index in [0.717, 1.165) is 65.0 Å². The number of hydrogen-bond donors (Lipinski definition) is 0. The molecule has 0 N–H and O–H groups in total. The molecule has 5 nitrogen and oxygen atoms in total. The van der Waals surface area contributed by atoms with Gasteiger partial charge in [0, 0.05) is 17.7 Å². The summed E-state index contributed by atoms with van der Waals surface area (Å²) in [4.78, 5) is 12.9. The number of hydrogen-bond acceptors (Lipinski definition) is 5. The zero-order chi connectivity index (χ0) is 23.9. The van der Waals surface area contributed by atoms with Gasteiger partial charge in [0.15, 0.2) is 6.10 Å². The first-order chi connectivity index (χ1) is 16.6. The van der Waals surface area contributed by atoms with Crippen LogP contribution in [0.25, 0.3) is 11.1 Å². The average Bonchev–Trinajstić information content (AvgIpc) is 2.88. The molecule has 4 rings (SSSR count). The van der Waals surface area contributed by atoms with Gasteiger partial charge in [-0.1, -0.05) is 49.4 Å². The highest BCUT2D eigenvalue weighted by molar-refractivity contribution is 5.85. The lowest BCUT2D eigenvalue weighted by molar-refractivity contribution is -0.154. The summed E-state index contributed by atoms with van der Waals surface area (Å²) in [6.45, 7) is 5.62. The van der Waals surface area contributed by atoms with Crippen LogP contribution in [0.1, 0.15) is 48.1 Å². The number of fused-ring (bicyclic) bond motifs is 1. The molecule has 1 atom stereocenters. The molecule has 178 valence electrons. The van der Waals surface area contributed by atoms with Gasteiger partial charge < -0.3 is 18.9 Å². The molecule has 34 heavy (non-hydrogen) atoms. The number of ether oxygens (including phenoxy) is 4. The Kier molecular flexibility index (Phi) is 7.86. The van der Waals surface area contributed by atoms with Gasteiger partial charge in [-0.3, -0.25) is 0 Å². The summed E-state index contributed by atoms with van der Waals surface area (Å²) in [7, 11) is 1.39. The van der Waals surface area contributed by atoms with Crippen LogP contribution in [0.2, 0.25) is 0 Å². The van der Waals surface area contributed by atoms with Gasteiger partial charge in [-0.2, -0.15) is 0 Å². The van der Waals surface area contributed by atoms with E-state index >= 15 is 0 Å². The van der Waals surface area contributed by atoms with E-state index in [1.54, 1.807) is 0 Å². The van der Waals surface area contributed by atoms with Gasteiger partial charge in [-0.15, -0.1) is 0 Å². The molecule has 3 aromatic carbocycles. The van der Waals surface area contributed by atoms with Crippen molar-refractivity contribution >= 4 is 5.97 Å². The molecule has 0 saturated heterocycles. The Morgan fingerprint density at radius 3 is 2.68 bits per heavy atom. The highest BCUT2D eigenvalue weighted by Crippen LogP contribution is 2.42. The Morgan fingerprint density at radius 1 is 1.09 bits per heavy atom. The van der Waals surface area contributed by atoms with Gasteiger partial charge >= 0.3 is 5.97 Å². The average molecular weight is 461 g/mol. The second-order valence-corrected chi connectivity index (χ2v) is 8.49. The minimum absolute atomic E-state index is 0.417. The number of benzene rings is 3. The summed E-state index contributed by atoms with van der Waals surface area (Å²) >= 11 is 0. The van der Waals surface area contributed by atoms with E-state index in [-0.39, 0.29) is 0 Å². The molecular formula is C29H32O5. The Labute approximate surface area is 201 Å². The number of rotatable bonds is 9. The SMILES string of the molecule is CCCOC(C(=O)OC)c1c(C)ccc(OCc2ccccc2)c1-c1ccc2c(c1)CCCO2. The van der Waals surface area contributed by atoms with Crippen LogP contribution in [-0.4, -0.2) is 26.3 Å². The van der Waals surface area contributed by atoms with Crippen molar-refractivity contribution in [3.63, 3.8) is 0 Å². The van der Waals surface area contributed by atoms with Gasteiger partial charge in [0.2, 0.25) is 0 Å². The van der Waals surface area contributed by atoms with Crippen molar-refractivity contribution in [2.24, 2.45) is 0 Å². The zero-order valence-corrected chi connectivity index (χ0v) is 20.1. The largest absolute Gasteiger partial charge is 0.493 e. The molecule has 0 spiro atoms. The van der Waals surface area contributed by atoms with Crippen molar-refractivity contribution < 1.29 is 23.7 Å². The molecule has 0 aromatic heterocycles. The van der Waals surface area contributed by atoms with E-state index in [1.165, 1.54) is 7.11 Å². The minimum Gasteiger partial charge on any atom is -0.493 e. The Balaban J connectivity index is 1.84. The van der Waals surface area contributed by atoms with Gasteiger partial charge in [0.05, 0.1) is 13.7 Å². The molecule has 1 heterocycles. The molecule has 5 heteroatoms. The van der Waals surface area contributed by atoms with Crippen LogP contribution in [0.5, 0.6) is 11.5 Å². The van der Waals surface area contributed by atoms with Crippen molar-refractivity contribution in [1.82, 2.24) is 0 Å². The maximum absolute atomic E-state index is 12.9. The number of esters is 1. The second-order valence-electron chi connectivity index (χ2n) is 8.49. The third-order valence-electron chi connectivity index (χ3n) is 6.03. The summed E-state index contributed by atoms with van der Waals surface area (Å²) in [5.41, 5.74) is 5.79. The first-order valence-electron chi connectivity index (χ1n) is 11.9. The maximum atomic E-state index is 12.9. The Hall–Kier alpha value is -3.31. The molecule has 0 radical (unpaired) electrons.